The number of aromatic nitrogens is 2. The summed E-state index contributed by atoms with van der Waals surface area (Å²) in [5.41, 5.74) is 1.76. The first-order valence-electron chi connectivity index (χ1n) is 10.2. The normalized spacial score (nSPS) is 20.7. The van der Waals surface area contributed by atoms with Gasteiger partial charge in [0.2, 0.25) is 0 Å². The van der Waals surface area contributed by atoms with Crippen molar-refractivity contribution in [2.45, 2.75) is 31.7 Å². The molecule has 6 nitrogen and oxygen atoms in total. The third-order valence-corrected chi connectivity index (χ3v) is 5.74. The van der Waals surface area contributed by atoms with E-state index in [-0.39, 0.29) is 0 Å². The minimum absolute atomic E-state index is 0.399. The van der Waals surface area contributed by atoms with Gasteiger partial charge in [-0.2, -0.15) is 0 Å². The number of halogens is 1. The first-order valence-corrected chi connectivity index (χ1v) is 10.6. The smallest absolute Gasteiger partial charge is 0.126 e. The SMILES string of the molecule is Clc1cnc(N[C@@H]2CCCNC2)cc1-c1cccc(NCC2CCOCC2)n1. The molecule has 28 heavy (non-hydrogen) atoms. The zero-order valence-electron chi connectivity index (χ0n) is 16.1. The number of hydrogen-bond donors (Lipinski definition) is 3. The van der Waals surface area contributed by atoms with Gasteiger partial charge < -0.3 is 20.7 Å². The Labute approximate surface area is 171 Å². The molecule has 0 bridgehead atoms. The lowest BCUT2D eigenvalue weighted by atomic mass is 10.0. The van der Waals surface area contributed by atoms with Crippen LogP contribution in [0, 0.1) is 5.92 Å². The molecule has 150 valence electrons. The minimum Gasteiger partial charge on any atom is -0.381 e. The lowest BCUT2D eigenvalue weighted by Gasteiger charge is -2.24. The van der Waals surface area contributed by atoms with Crippen molar-refractivity contribution in [3.05, 3.63) is 35.5 Å². The molecule has 1 atom stereocenters. The Morgan fingerprint density at radius 1 is 1.18 bits per heavy atom. The van der Waals surface area contributed by atoms with Crippen LogP contribution in [0.15, 0.2) is 30.5 Å². The highest BCUT2D eigenvalue weighted by Crippen LogP contribution is 2.29. The van der Waals surface area contributed by atoms with E-state index < -0.39 is 0 Å². The molecule has 0 radical (unpaired) electrons. The summed E-state index contributed by atoms with van der Waals surface area (Å²) in [6.07, 6.45) is 6.25. The fraction of sp³-hybridized carbons (Fsp3) is 0.524. The van der Waals surface area contributed by atoms with Gasteiger partial charge in [0.05, 0.1) is 10.7 Å². The van der Waals surface area contributed by atoms with Crippen LogP contribution >= 0.6 is 11.6 Å². The minimum atomic E-state index is 0.399. The molecule has 2 fully saturated rings. The van der Waals surface area contributed by atoms with Crippen LogP contribution in [0.3, 0.4) is 0 Å². The number of anilines is 2. The number of nitrogens with one attached hydrogen (secondary N) is 3. The molecule has 2 aliphatic heterocycles. The highest BCUT2D eigenvalue weighted by Gasteiger charge is 2.16. The van der Waals surface area contributed by atoms with Crippen molar-refractivity contribution in [3.63, 3.8) is 0 Å². The van der Waals surface area contributed by atoms with E-state index in [1.54, 1.807) is 6.20 Å². The molecule has 2 aromatic heterocycles. The van der Waals surface area contributed by atoms with Gasteiger partial charge in [0.15, 0.2) is 0 Å². The Morgan fingerprint density at radius 3 is 2.89 bits per heavy atom. The Bertz CT molecular complexity index is 775. The molecule has 0 amide bonds. The first-order chi connectivity index (χ1) is 13.8. The topological polar surface area (TPSA) is 71.1 Å². The van der Waals surface area contributed by atoms with Gasteiger partial charge in [-0.1, -0.05) is 17.7 Å². The average Bonchev–Trinajstić information content (AvgIpc) is 2.75. The van der Waals surface area contributed by atoms with E-state index >= 15 is 0 Å². The van der Waals surface area contributed by atoms with E-state index in [0.717, 1.165) is 75.0 Å². The predicted molar refractivity (Wildman–Crippen MR) is 114 cm³/mol. The highest BCUT2D eigenvalue weighted by atomic mass is 35.5. The van der Waals surface area contributed by atoms with Crippen molar-refractivity contribution in [2.75, 3.05) is 43.5 Å². The maximum atomic E-state index is 6.45. The summed E-state index contributed by atoms with van der Waals surface area (Å²) in [5, 5.41) is 11.0. The monoisotopic (exact) mass is 401 g/mol. The Kier molecular flexibility index (Phi) is 6.62. The van der Waals surface area contributed by atoms with Crippen molar-refractivity contribution in [1.29, 1.82) is 0 Å². The molecular formula is C21H28ClN5O. The molecule has 0 saturated carbocycles. The standard InChI is InChI=1S/C21H28ClN5O/c22-18-14-25-21(26-16-3-2-8-23-13-16)11-17(18)19-4-1-5-20(27-19)24-12-15-6-9-28-10-7-15/h1,4-5,11,14-16,23H,2-3,6-10,12-13H2,(H,24,27)(H,25,26)/t16-/m1/s1. The molecule has 4 heterocycles. The molecule has 2 aromatic rings. The largest absolute Gasteiger partial charge is 0.381 e. The number of nitrogens with zero attached hydrogens (tertiary/aromatic N) is 2. The van der Waals surface area contributed by atoms with Gasteiger partial charge in [0.1, 0.15) is 11.6 Å². The zero-order chi connectivity index (χ0) is 19.2. The van der Waals surface area contributed by atoms with E-state index in [0.29, 0.717) is 17.0 Å². The number of rotatable bonds is 6. The third kappa shape index (κ3) is 5.13. The molecule has 0 spiro atoms. The van der Waals surface area contributed by atoms with E-state index in [9.17, 15) is 0 Å². The van der Waals surface area contributed by atoms with Gasteiger partial charge in [-0.05, 0) is 56.3 Å². The second-order valence-electron chi connectivity index (χ2n) is 7.58. The summed E-state index contributed by atoms with van der Waals surface area (Å²) in [5.74, 6) is 2.36. The maximum Gasteiger partial charge on any atom is 0.126 e. The molecule has 2 saturated heterocycles. The number of ether oxygens (including phenoxy) is 1. The molecule has 4 rings (SSSR count). The van der Waals surface area contributed by atoms with E-state index in [4.69, 9.17) is 21.3 Å². The van der Waals surface area contributed by atoms with Crippen molar-refractivity contribution in [2.24, 2.45) is 5.92 Å². The van der Waals surface area contributed by atoms with E-state index in [2.05, 4.69) is 20.9 Å². The van der Waals surface area contributed by atoms with E-state index in [1.807, 2.05) is 24.3 Å². The fourth-order valence-corrected chi connectivity index (χ4v) is 3.98. The van der Waals surface area contributed by atoms with Crippen LogP contribution in [-0.4, -0.2) is 48.9 Å². The highest BCUT2D eigenvalue weighted by molar-refractivity contribution is 6.33. The summed E-state index contributed by atoms with van der Waals surface area (Å²) in [6, 6.07) is 8.42. The van der Waals surface area contributed by atoms with Crippen LogP contribution in [-0.2, 0) is 4.74 Å². The number of hydrogen-bond acceptors (Lipinski definition) is 6. The maximum absolute atomic E-state index is 6.45. The van der Waals surface area contributed by atoms with Gasteiger partial charge in [-0.15, -0.1) is 0 Å². The van der Waals surface area contributed by atoms with Gasteiger partial charge >= 0.3 is 0 Å². The number of piperidine rings is 1. The van der Waals surface area contributed by atoms with Crippen LogP contribution in [0.1, 0.15) is 25.7 Å². The average molecular weight is 402 g/mol. The third-order valence-electron chi connectivity index (χ3n) is 5.44. The summed E-state index contributed by atoms with van der Waals surface area (Å²) in [7, 11) is 0. The molecule has 0 unspecified atom stereocenters. The quantitative estimate of drug-likeness (QED) is 0.683. The van der Waals surface area contributed by atoms with Crippen LogP contribution in [0.4, 0.5) is 11.6 Å². The van der Waals surface area contributed by atoms with Crippen LogP contribution in [0.2, 0.25) is 5.02 Å². The van der Waals surface area contributed by atoms with Crippen LogP contribution in [0.5, 0.6) is 0 Å². The lowest BCUT2D eigenvalue weighted by Crippen LogP contribution is -2.38. The fourth-order valence-electron chi connectivity index (χ4n) is 3.78. The summed E-state index contributed by atoms with van der Waals surface area (Å²) in [4.78, 5) is 9.23. The Balaban J connectivity index is 1.45. The van der Waals surface area contributed by atoms with Gasteiger partial charge in [0, 0.05) is 44.1 Å². The molecule has 0 aliphatic carbocycles. The molecule has 7 heteroatoms. The molecule has 2 aliphatic rings. The summed E-state index contributed by atoms with van der Waals surface area (Å²) < 4.78 is 5.43. The molecule has 0 aromatic carbocycles. The predicted octanol–water partition coefficient (Wildman–Crippen LogP) is 3.80. The van der Waals surface area contributed by atoms with Crippen molar-refractivity contribution in [1.82, 2.24) is 15.3 Å². The zero-order valence-corrected chi connectivity index (χ0v) is 16.8. The first kappa shape index (κ1) is 19.4. The van der Waals surface area contributed by atoms with Crippen molar-refractivity contribution >= 4 is 23.2 Å². The van der Waals surface area contributed by atoms with Gasteiger partial charge in [-0.25, -0.2) is 9.97 Å². The van der Waals surface area contributed by atoms with Crippen molar-refractivity contribution in [3.8, 4) is 11.3 Å². The Hall–Kier alpha value is -1.89. The van der Waals surface area contributed by atoms with Gasteiger partial charge in [-0.3, -0.25) is 0 Å². The summed E-state index contributed by atoms with van der Waals surface area (Å²) >= 11 is 6.45. The van der Waals surface area contributed by atoms with E-state index in [1.165, 1.54) is 6.42 Å². The van der Waals surface area contributed by atoms with Gasteiger partial charge in [0.25, 0.3) is 0 Å². The second kappa shape index (κ2) is 9.54. The lowest BCUT2D eigenvalue weighted by molar-refractivity contribution is 0.0699. The Morgan fingerprint density at radius 2 is 2.07 bits per heavy atom. The molecule has 3 N–H and O–H groups in total. The van der Waals surface area contributed by atoms with Crippen molar-refractivity contribution < 1.29 is 4.74 Å². The van der Waals surface area contributed by atoms with Crippen LogP contribution in [0.25, 0.3) is 11.3 Å². The van der Waals surface area contributed by atoms with Crippen LogP contribution < -0.4 is 16.0 Å². The summed E-state index contributed by atoms with van der Waals surface area (Å²) in [6.45, 7) is 4.70. The second-order valence-corrected chi connectivity index (χ2v) is 7.99. The molecular weight excluding hydrogens is 374 g/mol. The number of pyridine rings is 2.